The van der Waals surface area contributed by atoms with Crippen molar-refractivity contribution in [3.8, 4) is 23.0 Å². The van der Waals surface area contributed by atoms with Gasteiger partial charge in [0, 0.05) is 5.56 Å². The van der Waals surface area contributed by atoms with Crippen LogP contribution >= 0.6 is 0 Å². The van der Waals surface area contributed by atoms with E-state index in [1.807, 2.05) is 62.4 Å². The molecule has 0 aliphatic heterocycles. The molecule has 1 heterocycles. The number of benzene rings is 2. The molecule has 0 fully saturated rings. The van der Waals surface area contributed by atoms with Gasteiger partial charge < -0.3 is 13.9 Å². The maximum atomic E-state index is 5.72. The molecule has 0 radical (unpaired) electrons. The van der Waals surface area contributed by atoms with Crippen LogP contribution in [0.1, 0.15) is 18.4 Å². The van der Waals surface area contributed by atoms with Gasteiger partial charge in [-0.3, -0.25) is 0 Å². The van der Waals surface area contributed by atoms with E-state index in [4.69, 9.17) is 13.9 Å². The summed E-state index contributed by atoms with van der Waals surface area (Å²) in [4.78, 5) is 0. The van der Waals surface area contributed by atoms with E-state index in [9.17, 15) is 0 Å². The molecule has 0 N–H and O–H groups in total. The molecule has 5 heteroatoms. The number of hydrogen-bond donors (Lipinski definition) is 0. The lowest BCUT2D eigenvalue weighted by Gasteiger charge is -2.09. The van der Waals surface area contributed by atoms with Crippen molar-refractivity contribution >= 4 is 0 Å². The van der Waals surface area contributed by atoms with Gasteiger partial charge in [-0.05, 0) is 38.1 Å². The minimum absolute atomic E-state index is 0.197. The predicted molar refractivity (Wildman–Crippen MR) is 86.4 cm³/mol. The summed E-state index contributed by atoms with van der Waals surface area (Å²) in [6.45, 7) is 4.75. The van der Waals surface area contributed by atoms with Crippen LogP contribution < -0.4 is 9.47 Å². The van der Waals surface area contributed by atoms with Gasteiger partial charge in [0.25, 0.3) is 5.89 Å². The monoisotopic (exact) mass is 310 g/mol. The van der Waals surface area contributed by atoms with Crippen LogP contribution in [0.4, 0.5) is 0 Å². The molecular formula is C18H18N2O3. The Morgan fingerprint density at radius 3 is 2.30 bits per heavy atom. The van der Waals surface area contributed by atoms with Crippen LogP contribution in [0.2, 0.25) is 0 Å². The molecule has 0 unspecified atom stereocenters. The highest BCUT2D eigenvalue weighted by Gasteiger charge is 2.10. The Kier molecular flexibility index (Phi) is 4.57. The van der Waals surface area contributed by atoms with Crippen molar-refractivity contribution in [2.75, 3.05) is 6.61 Å². The molecule has 2 aromatic carbocycles. The van der Waals surface area contributed by atoms with Crippen LogP contribution in [0.3, 0.4) is 0 Å². The number of aromatic nitrogens is 2. The molecule has 0 amide bonds. The van der Waals surface area contributed by atoms with E-state index < -0.39 is 0 Å². The van der Waals surface area contributed by atoms with Gasteiger partial charge in [-0.2, -0.15) is 0 Å². The summed E-state index contributed by atoms with van der Waals surface area (Å²) in [6.07, 6.45) is 0. The van der Waals surface area contributed by atoms with Gasteiger partial charge in [0.1, 0.15) is 0 Å². The Bertz CT molecular complexity index is 766. The average Bonchev–Trinajstić information content (AvgIpc) is 3.04. The van der Waals surface area contributed by atoms with E-state index in [0.717, 1.165) is 5.56 Å². The van der Waals surface area contributed by atoms with Crippen molar-refractivity contribution < 1.29 is 13.9 Å². The summed E-state index contributed by atoms with van der Waals surface area (Å²) in [7, 11) is 0. The summed E-state index contributed by atoms with van der Waals surface area (Å²) in [5.41, 5.74) is 2.08. The first kappa shape index (κ1) is 15.1. The van der Waals surface area contributed by atoms with Crippen molar-refractivity contribution in [1.29, 1.82) is 0 Å². The molecule has 0 aliphatic carbocycles. The molecule has 118 valence electrons. The lowest BCUT2D eigenvalue weighted by molar-refractivity contribution is 0.243. The minimum atomic E-state index is 0.197. The summed E-state index contributed by atoms with van der Waals surface area (Å²) in [5.74, 6) is 2.27. The number of para-hydroxylation sites is 2. The van der Waals surface area contributed by atoms with Gasteiger partial charge in [0.15, 0.2) is 18.1 Å². The third-order valence-corrected chi connectivity index (χ3v) is 3.27. The minimum Gasteiger partial charge on any atom is -0.490 e. The summed E-state index contributed by atoms with van der Waals surface area (Å²) in [6, 6.07) is 15.4. The molecular weight excluding hydrogens is 292 g/mol. The van der Waals surface area contributed by atoms with Gasteiger partial charge in [0.05, 0.1) is 6.61 Å². The van der Waals surface area contributed by atoms with Crippen LogP contribution in [0, 0.1) is 6.92 Å². The van der Waals surface area contributed by atoms with E-state index in [2.05, 4.69) is 10.2 Å². The van der Waals surface area contributed by atoms with Gasteiger partial charge >= 0.3 is 0 Å². The van der Waals surface area contributed by atoms with Crippen molar-refractivity contribution in [2.24, 2.45) is 0 Å². The third kappa shape index (κ3) is 3.69. The number of nitrogens with zero attached hydrogens (tertiary/aromatic N) is 2. The molecule has 0 saturated carbocycles. The molecule has 0 spiro atoms. The normalized spacial score (nSPS) is 10.5. The maximum absolute atomic E-state index is 5.72. The Labute approximate surface area is 134 Å². The largest absolute Gasteiger partial charge is 0.490 e. The average molecular weight is 310 g/mol. The van der Waals surface area contributed by atoms with Crippen molar-refractivity contribution in [1.82, 2.24) is 10.2 Å². The maximum Gasteiger partial charge on any atom is 0.254 e. The van der Waals surface area contributed by atoms with Crippen LogP contribution in [0.5, 0.6) is 11.5 Å². The van der Waals surface area contributed by atoms with Gasteiger partial charge in [0.2, 0.25) is 5.89 Å². The van der Waals surface area contributed by atoms with Crippen LogP contribution in [-0.4, -0.2) is 16.8 Å². The zero-order valence-electron chi connectivity index (χ0n) is 13.2. The number of hydrogen-bond acceptors (Lipinski definition) is 5. The zero-order valence-corrected chi connectivity index (χ0v) is 13.2. The van der Waals surface area contributed by atoms with Crippen molar-refractivity contribution in [2.45, 2.75) is 20.5 Å². The first-order valence-electron chi connectivity index (χ1n) is 7.50. The second-order valence-electron chi connectivity index (χ2n) is 5.04. The summed E-state index contributed by atoms with van der Waals surface area (Å²) < 4.78 is 16.9. The fraction of sp³-hybridized carbons (Fsp3) is 0.222. The van der Waals surface area contributed by atoms with Gasteiger partial charge in [-0.1, -0.05) is 29.8 Å². The second kappa shape index (κ2) is 6.96. The van der Waals surface area contributed by atoms with Crippen molar-refractivity contribution in [3.05, 3.63) is 60.0 Å². The SMILES string of the molecule is CCOc1ccccc1OCc1nnc(-c2ccc(C)cc2)o1. The van der Waals surface area contributed by atoms with E-state index >= 15 is 0 Å². The quantitative estimate of drug-likeness (QED) is 0.688. The lowest BCUT2D eigenvalue weighted by Crippen LogP contribution is -1.99. The topological polar surface area (TPSA) is 57.4 Å². The molecule has 0 aliphatic rings. The van der Waals surface area contributed by atoms with E-state index in [1.165, 1.54) is 5.56 Å². The molecule has 1 aromatic heterocycles. The van der Waals surface area contributed by atoms with E-state index in [0.29, 0.717) is 29.9 Å². The number of aryl methyl sites for hydroxylation is 1. The van der Waals surface area contributed by atoms with Gasteiger partial charge in [-0.25, -0.2) is 0 Å². The Balaban J connectivity index is 1.69. The lowest BCUT2D eigenvalue weighted by atomic mass is 10.1. The number of ether oxygens (including phenoxy) is 2. The Morgan fingerprint density at radius 2 is 1.61 bits per heavy atom. The molecule has 0 saturated heterocycles. The highest BCUT2D eigenvalue weighted by atomic mass is 16.5. The standard InChI is InChI=1S/C18H18N2O3/c1-3-21-15-6-4-5-7-16(15)22-12-17-19-20-18(23-17)14-10-8-13(2)9-11-14/h4-11H,3,12H2,1-2H3. The van der Waals surface area contributed by atoms with Crippen LogP contribution in [-0.2, 0) is 6.61 Å². The Hall–Kier alpha value is -2.82. The van der Waals surface area contributed by atoms with Crippen LogP contribution in [0.25, 0.3) is 11.5 Å². The second-order valence-corrected chi connectivity index (χ2v) is 5.04. The third-order valence-electron chi connectivity index (χ3n) is 3.27. The fourth-order valence-electron chi connectivity index (χ4n) is 2.11. The molecule has 0 atom stereocenters. The van der Waals surface area contributed by atoms with E-state index in [-0.39, 0.29) is 6.61 Å². The zero-order chi connectivity index (χ0) is 16.1. The molecule has 3 aromatic rings. The van der Waals surface area contributed by atoms with Crippen molar-refractivity contribution in [3.63, 3.8) is 0 Å². The first-order valence-corrected chi connectivity index (χ1v) is 7.50. The predicted octanol–water partition coefficient (Wildman–Crippen LogP) is 4.02. The first-order chi connectivity index (χ1) is 11.3. The highest BCUT2D eigenvalue weighted by molar-refractivity contribution is 5.52. The van der Waals surface area contributed by atoms with E-state index in [1.54, 1.807) is 0 Å². The molecule has 5 nitrogen and oxygen atoms in total. The fourth-order valence-corrected chi connectivity index (χ4v) is 2.11. The smallest absolute Gasteiger partial charge is 0.254 e. The molecule has 23 heavy (non-hydrogen) atoms. The number of rotatable bonds is 6. The molecule has 3 rings (SSSR count). The Morgan fingerprint density at radius 1 is 0.913 bits per heavy atom. The molecule has 0 bridgehead atoms. The summed E-state index contributed by atoms with van der Waals surface area (Å²) >= 11 is 0. The van der Waals surface area contributed by atoms with Gasteiger partial charge in [-0.15, -0.1) is 10.2 Å². The summed E-state index contributed by atoms with van der Waals surface area (Å²) in [5, 5.41) is 8.08. The highest BCUT2D eigenvalue weighted by Crippen LogP contribution is 2.27. The van der Waals surface area contributed by atoms with Crippen LogP contribution in [0.15, 0.2) is 52.9 Å².